The van der Waals surface area contributed by atoms with Crippen LogP contribution < -0.4 is 0 Å². The highest BCUT2D eigenvalue weighted by atomic mass is 32.2. The molecule has 21 heavy (non-hydrogen) atoms. The van der Waals surface area contributed by atoms with Crippen molar-refractivity contribution in [3.05, 3.63) is 39.9 Å². The first-order chi connectivity index (χ1) is 9.92. The molecule has 0 unspecified atom stereocenters. The first-order valence-corrected chi connectivity index (χ1v) is 8.74. The summed E-state index contributed by atoms with van der Waals surface area (Å²) < 4.78 is 26.1. The fourth-order valence-corrected chi connectivity index (χ4v) is 4.12. The predicted molar refractivity (Wildman–Crippen MR) is 80.6 cm³/mol. The van der Waals surface area contributed by atoms with Crippen molar-refractivity contribution in [1.82, 2.24) is 4.31 Å². The van der Waals surface area contributed by atoms with E-state index in [4.69, 9.17) is 0 Å². The second kappa shape index (κ2) is 6.53. The van der Waals surface area contributed by atoms with Crippen molar-refractivity contribution < 1.29 is 13.3 Å². The predicted octanol–water partition coefficient (Wildman–Crippen LogP) is 2.20. The van der Waals surface area contributed by atoms with E-state index in [-0.39, 0.29) is 11.4 Å². The molecule has 2 rings (SSSR count). The van der Waals surface area contributed by atoms with E-state index >= 15 is 0 Å². The van der Waals surface area contributed by atoms with Crippen LogP contribution in [0.2, 0.25) is 0 Å². The van der Waals surface area contributed by atoms with Crippen LogP contribution in [0.3, 0.4) is 0 Å². The number of non-ortho nitro benzene ring substituents is 1. The molecule has 0 bridgehead atoms. The van der Waals surface area contributed by atoms with Crippen LogP contribution in [0.25, 0.3) is 0 Å². The third-order valence-electron chi connectivity index (χ3n) is 4.02. The zero-order chi connectivity index (χ0) is 15.5. The van der Waals surface area contributed by atoms with Gasteiger partial charge < -0.3 is 0 Å². The summed E-state index contributed by atoms with van der Waals surface area (Å²) in [6.07, 6.45) is 2.33. The number of nitrogens with zero attached hydrogens (tertiary/aromatic N) is 2. The number of rotatable bonds is 6. The molecule has 1 aliphatic rings. The molecule has 1 fully saturated rings. The maximum absolute atomic E-state index is 12.3. The van der Waals surface area contributed by atoms with Gasteiger partial charge in [0.1, 0.15) is 0 Å². The van der Waals surface area contributed by atoms with Crippen LogP contribution in [0.4, 0.5) is 5.69 Å². The molecular weight excluding hydrogens is 292 g/mol. The number of nitro groups is 1. The topological polar surface area (TPSA) is 80.5 Å². The maximum atomic E-state index is 12.3. The summed E-state index contributed by atoms with van der Waals surface area (Å²) in [6, 6.07) is 6.05. The lowest BCUT2D eigenvalue weighted by molar-refractivity contribution is -0.384. The van der Waals surface area contributed by atoms with Gasteiger partial charge in [-0.05, 0) is 24.3 Å². The maximum Gasteiger partial charge on any atom is 0.269 e. The van der Waals surface area contributed by atoms with E-state index < -0.39 is 14.9 Å². The van der Waals surface area contributed by atoms with E-state index in [9.17, 15) is 18.5 Å². The third-order valence-corrected chi connectivity index (χ3v) is 5.85. The van der Waals surface area contributed by atoms with Gasteiger partial charge in [-0.3, -0.25) is 10.1 Å². The monoisotopic (exact) mass is 312 g/mol. The highest BCUT2D eigenvalue weighted by molar-refractivity contribution is 7.89. The minimum atomic E-state index is -3.23. The lowest BCUT2D eigenvalue weighted by Crippen LogP contribution is -2.31. The Hall–Kier alpha value is -1.47. The van der Waals surface area contributed by atoms with Crippen LogP contribution in [-0.4, -0.2) is 36.5 Å². The van der Waals surface area contributed by atoms with Crippen LogP contribution in [0, 0.1) is 16.0 Å². The molecule has 0 aliphatic carbocycles. The first kappa shape index (κ1) is 15.9. The van der Waals surface area contributed by atoms with E-state index in [0.29, 0.717) is 25.4 Å². The van der Waals surface area contributed by atoms with E-state index in [0.717, 1.165) is 18.4 Å². The zero-order valence-corrected chi connectivity index (χ0v) is 12.9. The normalized spacial score (nSPS) is 19.8. The average Bonchev–Trinajstić information content (AvgIpc) is 2.95. The minimum Gasteiger partial charge on any atom is -0.258 e. The number of benzene rings is 1. The molecule has 1 saturated heterocycles. The number of nitro benzene ring substituents is 1. The van der Waals surface area contributed by atoms with Gasteiger partial charge >= 0.3 is 0 Å². The largest absolute Gasteiger partial charge is 0.269 e. The van der Waals surface area contributed by atoms with Crippen molar-refractivity contribution in [2.24, 2.45) is 5.92 Å². The Morgan fingerprint density at radius 1 is 1.33 bits per heavy atom. The van der Waals surface area contributed by atoms with Gasteiger partial charge in [-0.1, -0.05) is 25.5 Å². The van der Waals surface area contributed by atoms with Gasteiger partial charge in [-0.15, -0.1) is 0 Å². The number of hydrogen-bond acceptors (Lipinski definition) is 4. The minimum absolute atomic E-state index is 0.0203. The quantitative estimate of drug-likeness (QED) is 0.595. The Balaban J connectivity index is 1.94. The standard InChI is InChI=1S/C14H20N2O4S/c1-2-12-7-9-15(11-12)21(19,20)10-8-13-3-5-14(6-4-13)16(17)18/h3-6,12H,2,7-11H2,1H3/t12-/m1/s1. The second-order valence-electron chi connectivity index (χ2n) is 5.41. The highest BCUT2D eigenvalue weighted by Crippen LogP contribution is 2.22. The lowest BCUT2D eigenvalue weighted by atomic mass is 10.1. The molecule has 1 aliphatic heterocycles. The van der Waals surface area contributed by atoms with Gasteiger partial charge in [0.15, 0.2) is 0 Å². The number of aryl methyl sites for hydroxylation is 1. The van der Waals surface area contributed by atoms with E-state index in [2.05, 4.69) is 6.92 Å². The molecule has 1 heterocycles. The molecule has 1 atom stereocenters. The molecule has 0 aromatic heterocycles. The molecule has 1 aromatic carbocycles. The summed E-state index contributed by atoms with van der Waals surface area (Å²) in [4.78, 5) is 10.1. The van der Waals surface area contributed by atoms with Crippen LogP contribution in [0.15, 0.2) is 24.3 Å². The van der Waals surface area contributed by atoms with Crippen molar-refractivity contribution in [2.75, 3.05) is 18.8 Å². The second-order valence-corrected chi connectivity index (χ2v) is 7.50. The molecule has 0 spiro atoms. The molecule has 0 saturated carbocycles. The average molecular weight is 312 g/mol. The van der Waals surface area contributed by atoms with Crippen molar-refractivity contribution in [3.8, 4) is 0 Å². The van der Waals surface area contributed by atoms with Gasteiger partial charge in [0.05, 0.1) is 10.7 Å². The van der Waals surface area contributed by atoms with E-state index in [1.165, 1.54) is 12.1 Å². The van der Waals surface area contributed by atoms with Gasteiger partial charge in [0.25, 0.3) is 5.69 Å². The molecule has 6 nitrogen and oxygen atoms in total. The van der Waals surface area contributed by atoms with Crippen LogP contribution >= 0.6 is 0 Å². The molecule has 0 N–H and O–H groups in total. The van der Waals surface area contributed by atoms with Crippen LogP contribution in [0.1, 0.15) is 25.3 Å². The fraction of sp³-hybridized carbons (Fsp3) is 0.571. The summed E-state index contributed by atoms with van der Waals surface area (Å²) >= 11 is 0. The Kier molecular flexibility index (Phi) is 4.95. The molecular formula is C14H20N2O4S. The summed E-state index contributed by atoms with van der Waals surface area (Å²) in [5.74, 6) is 0.528. The number of sulfonamides is 1. The third kappa shape index (κ3) is 4.01. The Morgan fingerprint density at radius 2 is 2.00 bits per heavy atom. The summed E-state index contributed by atoms with van der Waals surface area (Å²) in [5.41, 5.74) is 0.822. The van der Waals surface area contributed by atoms with Crippen molar-refractivity contribution in [3.63, 3.8) is 0 Å². The molecule has 0 amide bonds. The fourth-order valence-electron chi connectivity index (χ4n) is 2.54. The van der Waals surface area contributed by atoms with Gasteiger partial charge in [0, 0.05) is 25.2 Å². The van der Waals surface area contributed by atoms with Gasteiger partial charge in [-0.2, -0.15) is 0 Å². The zero-order valence-electron chi connectivity index (χ0n) is 12.1. The SMILES string of the molecule is CC[C@@H]1CCN(S(=O)(=O)CCc2ccc([N+](=O)[O-])cc2)C1. The molecule has 0 radical (unpaired) electrons. The molecule has 1 aromatic rings. The summed E-state index contributed by atoms with van der Waals surface area (Å²) in [7, 11) is -3.23. The van der Waals surface area contributed by atoms with Gasteiger partial charge in [0.2, 0.25) is 10.0 Å². The van der Waals surface area contributed by atoms with Crippen LogP contribution in [-0.2, 0) is 16.4 Å². The Bertz CT molecular complexity index is 598. The van der Waals surface area contributed by atoms with Crippen LogP contribution in [0.5, 0.6) is 0 Å². The summed E-state index contributed by atoms with van der Waals surface area (Å²) in [5, 5.41) is 10.6. The van der Waals surface area contributed by atoms with Crippen molar-refractivity contribution in [2.45, 2.75) is 26.2 Å². The van der Waals surface area contributed by atoms with E-state index in [1.54, 1.807) is 16.4 Å². The molecule has 7 heteroatoms. The number of hydrogen-bond donors (Lipinski definition) is 0. The van der Waals surface area contributed by atoms with Crippen molar-refractivity contribution >= 4 is 15.7 Å². The first-order valence-electron chi connectivity index (χ1n) is 7.13. The Labute approximate surface area is 125 Å². The molecule has 116 valence electrons. The lowest BCUT2D eigenvalue weighted by Gasteiger charge is -2.16. The summed E-state index contributed by atoms with van der Waals surface area (Å²) in [6.45, 7) is 3.32. The van der Waals surface area contributed by atoms with Crippen molar-refractivity contribution in [1.29, 1.82) is 0 Å². The smallest absolute Gasteiger partial charge is 0.258 e. The highest BCUT2D eigenvalue weighted by Gasteiger charge is 2.29. The van der Waals surface area contributed by atoms with E-state index in [1.807, 2.05) is 0 Å². The Morgan fingerprint density at radius 3 is 2.52 bits per heavy atom. The van der Waals surface area contributed by atoms with Gasteiger partial charge in [-0.25, -0.2) is 12.7 Å².